The number of aromatic nitrogens is 5. The third-order valence-electron chi connectivity index (χ3n) is 6.31. The van der Waals surface area contributed by atoms with Crippen molar-refractivity contribution in [3.8, 4) is 22.5 Å². The molecule has 2 aromatic carbocycles. The second-order valence-electron chi connectivity index (χ2n) is 8.45. The van der Waals surface area contributed by atoms with Crippen molar-refractivity contribution < 1.29 is 5.11 Å². The van der Waals surface area contributed by atoms with E-state index >= 15 is 0 Å². The molecule has 158 valence electrons. The molecule has 1 saturated carbocycles. The fourth-order valence-electron chi connectivity index (χ4n) is 4.52. The summed E-state index contributed by atoms with van der Waals surface area (Å²) in [5.74, 6) is 0.401. The summed E-state index contributed by atoms with van der Waals surface area (Å²) in [5.41, 5.74) is 12.7. The van der Waals surface area contributed by atoms with Gasteiger partial charge in [0.2, 0.25) is 0 Å². The number of benzene rings is 2. The Bertz CT molecular complexity index is 1470. The summed E-state index contributed by atoms with van der Waals surface area (Å²) in [6, 6.07) is 18.6. The van der Waals surface area contributed by atoms with Crippen molar-refractivity contribution in [2.24, 2.45) is 0 Å². The minimum atomic E-state index is -0.286. The van der Waals surface area contributed by atoms with Gasteiger partial charge in [-0.1, -0.05) is 42.5 Å². The number of nitrogens with zero attached hydrogens (tertiary/aromatic N) is 5. The maximum absolute atomic E-state index is 9.79. The molecule has 0 bridgehead atoms. The molecule has 7 heteroatoms. The highest BCUT2D eigenvalue weighted by molar-refractivity contribution is 6.00. The van der Waals surface area contributed by atoms with Crippen molar-refractivity contribution in [2.75, 3.05) is 5.73 Å². The van der Waals surface area contributed by atoms with Crippen LogP contribution in [0.1, 0.15) is 24.4 Å². The van der Waals surface area contributed by atoms with E-state index in [0.717, 1.165) is 38.8 Å². The lowest BCUT2D eigenvalue weighted by molar-refractivity contribution is 0.0452. The molecule has 5 aromatic rings. The van der Waals surface area contributed by atoms with Gasteiger partial charge in [-0.15, -0.1) is 0 Å². The van der Waals surface area contributed by atoms with Gasteiger partial charge in [-0.25, -0.2) is 19.6 Å². The molecule has 0 aliphatic heterocycles. The fourth-order valence-corrected chi connectivity index (χ4v) is 4.52. The summed E-state index contributed by atoms with van der Waals surface area (Å²) in [7, 11) is 0. The molecule has 3 aromatic heterocycles. The van der Waals surface area contributed by atoms with Crippen LogP contribution in [-0.2, 0) is 0 Å². The Morgan fingerprint density at radius 3 is 2.59 bits per heavy atom. The normalized spacial score (nSPS) is 18.2. The molecule has 1 aliphatic rings. The number of aryl methyl sites for hydroxylation is 1. The lowest BCUT2D eigenvalue weighted by Crippen LogP contribution is -2.31. The van der Waals surface area contributed by atoms with Crippen LogP contribution in [0.2, 0.25) is 0 Å². The maximum atomic E-state index is 9.79. The van der Waals surface area contributed by atoms with E-state index in [9.17, 15) is 5.11 Å². The predicted octanol–water partition coefficient (Wildman–Crippen LogP) is 4.29. The zero-order valence-electron chi connectivity index (χ0n) is 17.6. The Morgan fingerprint density at radius 2 is 1.81 bits per heavy atom. The quantitative estimate of drug-likeness (QED) is 0.449. The van der Waals surface area contributed by atoms with E-state index in [1.54, 1.807) is 0 Å². The van der Waals surface area contributed by atoms with Crippen molar-refractivity contribution in [2.45, 2.75) is 31.9 Å². The molecule has 3 N–H and O–H groups in total. The van der Waals surface area contributed by atoms with Crippen molar-refractivity contribution in [3.05, 3.63) is 66.5 Å². The zero-order chi connectivity index (χ0) is 21.8. The summed E-state index contributed by atoms with van der Waals surface area (Å²) in [5, 5.41) is 16.5. The molecule has 3 heterocycles. The second-order valence-corrected chi connectivity index (χ2v) is 8.45. The van der Waals surface area contributed by atoms with E-state index in [1.165, 1.54) is 11.9 Å². The van der Waals surface area contributed by atoms with Crippen molar-refractivity contribution >= 4 is 27.8 Å². The number of nitrogen functional groups attached to an aromatic ring is 1. The number of aliphatic hydroxyl groups is 1. The topological polar surface area (TPSA) is 103 Å². The van der Waals surface area contributed by atoms with Crippen LogP contribution in [0.5, 0.6) is 0 Å². The third-order valence-corrected chi connectivity index (χ3v) is 6.31. The van der Waals surface area contributed by atoms with Gasteiger partial charge in [-0.05, 0) is 37.5 Å². The highest BCUT2D eigenvalue weighted by atomic mass is 16.3. The highest BCUT2D eigenvalue weighted by Crippen LogP contribution is 2.38. The van der Waals surface area contributed by atoms with Crippen LogP contribution >= 0.6 is 0 Å². The molecule has 32 heavy (non-hydrogen) atoms. The van der Waals surface area contributed by atoms with Gasteiger partial charge < -0.3 is 10.8 Å². The number of hydrogen-bond donors (Lipinski definition) is 2. The van der Waals surface area contributed by atoms with E-state index in [0.29, 0.717) is 24.3 Å². The molecule has 7 nitrogen and oxygen atoms in total. The van der Waals surface area contributed by atoms with Crippen LogP contribution in [-0.4, -0.2) is 35.9 Å². The Labute approximate surface area is 184 Å². The van der Waals surface area contributed by atoms with Crippen LogP contribution in [0.15, 0.2) is 60.9 Å². The molecular formula is C25H22N6O. The number of hydrogen-bond acceptors (Lipinski definition) is 6. The number of pyridine rings is 1. The Kier molecular flexibility index (Phi) is 4.19. The molecule has 0 spiro atoms. The molecule has 0 saturated heterocycles. The standard InChI is InChI=1S/C25H22N6O/c1-14-9-20(15-5-3-2-4-6-15)29-21-10-16(7-8-19(14)21)23-22-24(26)27-13-28-25(22)31(30-23)17-11-18(32)12-17/h2-10,13,17-18,32H,11-12H2,1H3,(H2,26,27,28). The number of aliphatic hydroxyl groups excluding tert-OH is 1. The minimum Gasteiger partial charge on any atom is -0.393 e. The molecule has 0 radical (unpaired) electrons. The van der Waals surface area contributed by atoms with E-state index < -0.39 is 0 Å². The molecular weight excluding hydrogens is 400 g/mol. The monoisotopic (exact) mass is 422 g/mol. The van der Waals surface area contributed by atoms with Gasteiger partial charge in [0.1, 0.15) is 17.8 Å². The first-order chi connectivity index (χ1) is 15.6. The fraction of sp³-hybridized carbons (Fsp3) is 0.200. The SMILES string of the molecule is Cc1cc(-c2ccccc2)nc2cc(-c3nn(C4CC(O)C4)c4ncnc(N)c34)ccc12. The van der Waals surface area contributed by atoms with Gasteiger partial charge in [0.25, 0.3) is 0 Å². The number of rotatable bonds is 3. The van der Waals surface area contributed by atoms with Crippen LogP contribution in [0.3, 0.4) is 0 Å². The second kappa shape index (κ2) is 7.10. The van der Waals surface area contributed by atoms with E-state index in [-0.39, 0.29) is 12.1 Å². The largest absolute Gasteiger partial charge is 0.393 e. The third kappa shape index (κ3) is 2.93. The van der Waals surface area contributed by atoms with Gasteiger partial charge in [0.15, 0.2) is 5.65 Å². The molecule has 0 atom stereocenters. The van der Waals surface area contributed by atoms with Crippen molar-refractivity contribution in [1.29, 1.82) is 0 Å². The molecule has 1 aliphatic carbocycles. The van der Waals surface area contributed by atoms with Crippen LogP contribution in [0.25, 0.3) is 44.5 Å². The molecule has 6 rings (SSSR count). The van der Waals surface area contributed by atoms with Gasteiger partial charge >= 0.3 is 0 Å². The van der Waals surface area contributed by atoms with Gasteiger partial charge in [-0.2, -0.15) is 5.10 Å². The van der Waals surface area contributed by atoms with Crippen LogP contribution in [0, 0.1) is 6.92 Å². The van der Waals surface area contributed by atoms with Crippen LogP contribution in [0.4, 0.5) is 5.82 Å². The average molecular weight is 422 g/mol. The molecule has 1 fully saturated rings. The summed E-state index contributed by atoms with van der Waals surface area (Å²) >= 11 is 0. The highest BCUT2D eigenvalue weighted by Gasteiger charge is 2.32. The maximum Gasteiger partial charge on any atom is 0.164 e. The lowest BCUT2D eigenvalue weighted by Gasteiger charge is -2.31. The smallest absolute Gasteiger partial charge is 0.164 e. The van der Waals surface area contributed by atoms with Crippen LogP contribution < -0.4 is 5.73 Å². The van der Waals surface area contributed by atoms with Crippen molar-refractivity contribution in [1.82, 2.24) is 24.7 Å². The first-order valence-corrected chi connectivity index (χ1v) is 10.7. The summed E-state index contributed by atoms with van der Waals surface area (Å²) in [6.45, 7) is 2.11. The summed E-state index contributed by atoms with van der Waals surface area (Å²) in [6.07, 6.45) is 2.51. The first kappa shape index (κ1) is 18.9. The Hall–Kier alpha value is -3.84. The zero-order valence-corrected chi connectivity index (χ0v) is 17.6. The lowest BCUT2D eigenvalue weighted by atomic mass is 9.90. The van der Waals surface area contributed by atoms with Crippen molar-refractivity contribution in [3.63, 3.8) is 0 Å². The number of anilines is 1. The molecule has 0 amide bonds. The van der Waals surface area contributed by atoms with Gasteiger partial charge in [-0.3, -0.25) is 0 Å². The van der Waals surface area contributed by atoms with Gasteiger partial charge in [0, 0.05) is 16.5 Å². The van der Waals surface area contributed by atoms with Gasteiger partial charge in [0.05, 0.1) is 28.7 Å². The first-order valence-electron chi connectivity index (χ1n) is 10.7. The molecule has 0 unspecified atom stereocenters. The predicted molar refractivity (Wildman–Crippen MR) is 125 cm³/mol. The van der Waals surface area contributed by atoms with E-state index in [4.69, 9.17) is 15.8 Å². The summed E-state index contributed by atoms with van der Waals surface area (Å²) < 4.78 is 1.89. The number of fused-ring (bicyclic) bond motifs is 2. The Morgan fingerprint density at radius 1 is 1.00 bits per heavy atom. The summed E-state index contributed by atoms with van der Waals surface area (Å²) in [4.78, 5) is 13.6. The minimum absolute atomic E-state index is 0.112. The average Bonchev–Trinajstić information content (AvgIpc) is 3.18. The number of nitrogens with two attached hydrogens (primary N) is 1. The van der Waals surface area contributed by atoms with E-state index in [1.807, 2.05) is 28.9 Å². The Balaban J connectivity index is 1.54. The van der Waals surface area contributed by atoms with E-state index in [2.05, 4.69) is 47.2 Å².